The van der Waals surface area contributed by atoms with Gasteiger partial charge in [-0.15, -0.1) is 0 Å². The first kappa shape index (κ1) is 26.5. The fourth-order valence-electron chi connectivity index (χ4n) is 4.86. The van der Waals surface area contributed by atoms with Crippen LogP contribution in [0.5, 0.6) is 0 Å². The Labute approximate surface area is 234 Å². The number of ether oxygens (including phenoxy) is 1. The summed E-state index contributed by atoms with van der Waals surface area (Å²) in [6.45, 7) is 3.31. The molecule has 3 aromatic carbocycles. The molecule has 5 nitrogen and oxygen atoms in total. The second kappa shape index (κ2) is 12.2. The van der Waals surface area contributed by atoms with E-state index in [1.54, 1.807) is 7.11 Å². The van der Waals surface area contributed by atoms with Crippen LogP contribution < -0.4 is 0 Å². The highest BCUT2D eigenvalue weighted by molar-refractivity contribution is 6.31. The van der Waals surface area contributed by atoms with Crippen LogP contribution in [0, 0.1) is 0 Å². The number of H-pyrrole nitrogens is 1. The lowest BCUT2D eigenvalue weighted by molar-refractivity contribution is 0.160. The molecule has 0 aliphatic rings. The molecule has 5 rings (SSSR count). The maximum atomic E-state index is 6.31. The maximum absolute atomic E-state index is 6.31. The molecule has 1 N–H and O–H groups in total. The molecule has 0 bridgehead atoms. The predicted octanol–water partition coefficient (Wildman–Crippen LogP) is 7.56. The molecule has 0 aliphatic heterocycles. The number of nitrogens with one attached hydrogen (secondary N) is 1. The summed E-state index contributed by atoms with van der Waals surface area (Å²) in [5.74, 6) is 1.07. The lowest BCUT2D eigenvalue weighted by atomic mass is 10.0. The van der Waals surface area contributed by atoms with Gasteiger partial charge in [0.1, 0.15) is 5.82 Å². The van der Waals surface area contributed by atoms with Gasteiger partial charge in [0, 0.05) is 64.9 Å². The van der Waals surface area contributed by atoms with Crippen molar-refractivity contribution in [3.63, 3.8) is 0 Å². The SMILES string of the molecule is COCCN(C)CCCc1nc(-c2ccccc2)c(-c2c[nH]c3cc(Cl)ccc23)n1Cc1ccc(Cl)cc1. The highest BCUT2D eigenvalue weighted by atomic mass is 35.5. The number of nitrogens with zero attached hydrogens (tertiary/aromatic N) is 3. The number of aromatic nitrogens is 3. The van der Waals surface area contributed by atoms with E-state index in [2.05, 4.69) is 70.2 Å². The van der Waals surface area contributed by atoms with Gasteiger partial charge in [-0.2, -0.15) is 0 Å². The van der Waals surface area contributed by atoms with Gasteiger partial charge in [-0.3, -0.25) is 0 Å². The van der Waals surface area contributed by atoms with Crippen molar-refractivity contribution in [2.45, 2.75) is 19.4 Å². The lowest BCUT2D eigenvalue weighted by Gasteiger charge is -2.16. The zero-order valence-electron chi connectivity index (χ0n) is 21.8. The topological polar surface area (TPSA) is 46.1 Å². The van der Waals surface area contributed by atoms with Gasteiger partial charge in [0.15, 0.2) is 0 Å². The molecule has 196 valence electrons. The monoisotopic (exact) mass is 546 g/mol. The summed E-state index contributed by atoms with van der Waals surface area (Å²) in [5, 5.41) is 2.56. The number of rotatable bonds is 11. The largest absolute Gasteiger partial charge is 0.383 e. The highest BCUT2D eigenvalue weighted by Crippen LogP contribution is 2.38. The van der Waals surface area contributed by atoms with Crippen molar-refractivity contribution in [1.29, 1.82) is 0 Å². The fourth-order valence-corrected chi connectivity index (χ4v) is 5.16. The second-order valence-corrected chi connectivity index (χ2v) is 10.5. The van der Waals surface area contributed by atoms with Crippen LogP contribution in [0.3, 0.4) is 0 Å². The molecule has 0 unspecified atom stereocenters. The molecule has 0 amide bonds. The first-order valence-electron chi connectivity index (χ1n) is 12.9. The van der Waals surface area contributed by atoms with E-state index >= 15 is 0 Å². The van der Waals surface area contributed by atoms with Gasteiger partial charge >= 0.3 is 0 Å². The summed E-state index contributed by atoms with van der Waals surface area (Å²) in [6, 6.07) is 24.5. The minimum atomic E-state index is 0.696. The number of imidazole rings is 1. The van der Waals surface area contributed by atoms with Crippen LogP contribution in [-0.4, -0.2) is 53.3 Å². The molecule has 0 atom stereocenters. The van der Waals surface area contributed by atoms with Crippen molar-refractivity contribution in [2.24, 2.45) is 0 Å². The summed E-state index contributed by atoms with van der Waals surface area (Å²) >= 11 is 12.5. The van der Waals surface area contributed by atoms with Crippen molar-refractivity contribution in [1.82, 2.24) is 19.4 Å². The molecular formula is C31H32Cl2N4O. The van der Waals surface area contributed by atoms with E-state index in [1.165, 1.54) is 5.56 Å². The third-order valence-electron chi connectivity index (χ3n) is 6.86. The van der Waals surface area contributed by atoms with Crippen LogP contribution in [0.15, 0.2) is 79.0 Å². The van der Waals surface area contributed by atoms with E-state index in [-0.39, 0.29) is 0 Å². The Balaban J connectivity index is 1.62. The summed E-state index contributed by atoms with van der Waals surface area (Å²) < 4.78 is 7.62. The van der Waals surface area contributed by atoms with E-state index in [1.807, 2.05) is 30.3 Å². The molecule has 0 radical (unpaired) electrons. The molecule has 2 aromatic heterocycles. The van der Waals surface area contributed by atoms with Crippen molar-refractivity contribution in [3.05, 3.63) is 100 Å². The molecule has 2 heterocycles. The minimum absolute atomic E-state index is 0.696. The van der Waals surface area contributed by atoms with Crippen molar-refractivity contribution in [3.8, 4) is 22.5 Å². The second-order valence-electron chi connectivity index (χ2n) is 9.60. The van der Waals surface area contributed by atoms with Crippen LogP contribution in [0.1, 0.15) is 17.8 Å². The predicted molar refractivity (Wildman–Crippen MR) is 158 cm³/mol. The van der Waals surface area contributed by atoms with E-state index in [0.717, 1.165) is 76.8 Å². The van der Waals surface area contributed by atoms with Gasteiger partial charge in [0.25, 0.3) is 0 Å². The molecule has 0 spiro atoms. The van der Waals surface area contributed by atoms with Gasteiger partial charge < -0.3 is 19.2 Å². The number of halogens is 2. The number of hydrogen-bond acceptors (Lipinski definition) is 3. The molecule has 0 aliphatic carbocycles. The summed E-state index contributed by atoms with van der Waals surface area (Å²) in [6.07, 6.45) is 3.93. The Morgan fingerprint density at radius 1 is 0.947 bits per heavy atom. The van der Waals surface area contributed by atoms with Crippen molar-refractivity contribution in [2.75, 3.05) is 33.9 Å². The Morgan fingerprint density at radius 3 is 2.47 bits per heavy atom. The Morgan fingerprint density at radius 2 is 1.71 bits per heavy atom. The van der Waals surface area contributed by atoms with E-state index in [0.29, 0.717) is 11.6 Å². The molecule has 7 heteroatoms. The van der Waals surface area contributed by atoms with E-state index < -0.39 is 0 Å². The standard InChI is InChI=1S/C31H32Cl2N4O/c1-36(17-18-38-2)16-6-9-29-35-30(23-7-4-3-5-8-23)31(37(29)21-22-10-12-24(32)13-11-22)27-20-34-28-19-25(33)14-15-26(27)28/h3-5,7-8,10-15,19-20,34H,6,9,16-18,21H2,1-2H3. The number of benzene rings is 3. The molecule has 0 saturated carbocycles. The first-order chi connectivity index (χ1) is 18.5. The van der Waals surface area contributed by atoms with Crippen LogP contribution in [-0.2, 0) is 17.7 Å². The third kappa shape index (κ3) is 5.97. The summed E-state index contributed by atoms with van der Waals surface area (Å²) in [4.78, 5) is 11.0. The van der Waals surface area contributed by atoms with Gasteiger partial charge in [-0.25, -0.2) is 4.98 Å². The van der Waals surface area contributed by atoms with Crippen LogP contribution in [0.2, 0.25) is 10.0 Å². The Kier molecular flexibility index (Phi) is 8.50. The molecule has 38 heavy (non-hydrogen) atoms. The van der Waals surface area contributed by atoms with Crippen molar-refractivity contribution < 1.29 is 4.74 Å². The van der Waals surface area contributed by atoms with Crippen LogP contribution in [0.4, 0.5) is 0 Å². The number of methoxy groups -OCH3 is 1. The number of likely N-dealkylation sites (N-methyl/N-ethyl adjacent to an activating group) is 1. The van der Waals surface area contributed by atoms with Crippen LogP contribution in [0.25, 0.3) is 33.4 Å². The zero-order chi connectivity index (χ0) is 26.5. The number of hydrogen-bond donors (Lipinski definition) is 1. The highest BCUT2D eigenvalue weighted by Gasteiger charge is 2.22. The van der Waals surface area contributed by atoms with Gasteiger partial charge in [0.2, 0.25) is 0 Å². The maximum Gasteiger partial charge on any atom is 0.110 e. The smallest absolute Gasteiger partial charge is 0.110 e. The minimum Gasteiger partial charge on any atom is -0.383 e. The van der Waals surface area contributed by atoms with E-state index in [9.17, 15) is 0 Å². The molecule has 0 fully saturated rings. The molecule has 5 aromatic rings. The summed E-state index contributed by atoms with van der Waals surface area (Å²) in [7, 11) is 3.88. The summed E-state index contributed by atoms with van der Waals surface area (Å²) in [5.41, 5.74) is 6.47. The Hall–Kier alpha value is -3.09. The number of aryl methyl sites for hydroxylation is 1. The quantitative estimate of drug-likeness (QED) is 0.186. The lowest BCUT2D eigenvalue weighted by Crippen LogP contribution is -2.24. The fraction of sp³-hybridized carbons (Fsp3) is 0.258. The van der Waals surface area contributed by atoms with E-state index in [4.69, 9.17) is 32.9 Å². The zero-order valence-corrected chi connectivity index (χ0v) is 23.3. The average Bonchev–Trinajstić information content (AvgIpc) is 3.49. The number of fused-ring (bicyclic) bond motifs is 1. The normalized spacial score (nSPS) is 11.6. The van der Waals surface area contributed by atoms with Crippen molar-refractivity contribution >= 4 is 34.1 Å². The Bertz CT molecular complexity index is 1490. The van der Waals surface area contributed by atoms with Crippen LogP contribution >= 0.6 is 23.2 Å². The molecule has 0 saturated heterocycles. The first-order valence-corrected chi connectivity index (χ1v) is 13.6. The molecular weight excluding hydrogens is 515 g/mol. The van der Waals surface area contributed by atoms with Gasteiger partial charge in [0.05, 0.1) is 18.0 Å². The van der Waals surface area contributed by atoms with Gasteiger partial charge in [-0.1, -0.05) is 71.7 Å². The third-order valence-corrected chi connectivity index (χ3v) is 7.35. The number of aromatic amines is 1. The average molecular weight is 548 g/mol. The van der Waals surface area contributed by atoms with Gasteiger partial charge in [-0.05, 0) is 49.8 Å².